The first-order chi connectivity index (χ1) is 7.84. The monoisotopic (exact) mass is 219 g/mol. The quantitative estimate of drug-likeness (QED) is 0.771. The van der Waals surface area contributed by atoms with E-state index in [9.17, 15) is 4.39 Å². The minimum atomic E-state index is -0.161. The molecule has 1 nitrogen and oxygen atoms in total. The van der Waals surface area contributed by atoms with E-state index in [1.54, 1.807) is 0 Å². The van der Waals surface area contributed by atoms with Crippen molar-refractivity contribution in [3.8, 4) is 0 Å². The molecular formula is C14H18FN. The van der Waals surface area contributed by atoms with Gasteiger partial charge in [-0.15, -0.1) is 0 Å². The zero-order chi connectivity index (χ0) is 11.2. The van der Waals surface area contributed by atoms with Crippen LogP contribution >= 0.6 is 0 Å². The summed E-state index contributed by atoms with van der Waals surface area (Å²) < 4.78 is 12.7. The van der Waals surface area contributed by atoms with Gasteiger partial charge in [0.25, 0.3) is 0 Å². The Balaban J connectivity index is 1.81. The van der Waals surface area contributed by atoms with Crippen molar-refractivity contribution in [2.24, 2.45) is 5.92 Å². The number of nitrogens with one attached hydrogen (secondary N) is 1. The third kappa shape index (κ3) is 3.46. The molecule has 1 fully saturated rings. The van der Waals surface area contributed by atoms with E-state index in [1.165, 1.54) is 30.5 Å². The summed E-state index contributed by atoms with van der Waals surface area (Å²) in [6.07, 6.45) is 7.90. The van der Waals surface area contributed by atoms with E-state index in [-0.39, 0.29) is 5.82 Å². The smallest absolute Gasteiger partial charge is 0.123 e. The fourth-order valence-corrected chi connectivity index (χ4v) is 2.05. The minimum absolute atomic E-state index is 0.161. The number of halogens is 1. The SMILES string of the molecule is Fc1ccc(C/C=C/C2CCNCC2)cc1. The van der Waals surface area contributed by atoms with Crippen LogP contribution in [0.3, 0.4) is 0 Å². The molecule has 1 aliphatic heterocycles. The number of rotatable bonds is 3. The first-order valence-electron chi connectivity index (χ1n) is 5.96. The van der Waals surface area contributed by atoms with Crippen LogP contribution < -0.4 is 5.32 Å². The van der Waals surface area contributed by atoms with Gasteiger partial charge in [-0.2, -0.15) is 0 Å². The molecule has 0 bridgehead atoms. The van der Waals surface area contributed by atoms with Gasteiger partial charge >= 0.3 is 0 Å². The molecule has 1 saturated heterocycles. The molecule has 86 valence electrons. The van der Waals surface area contributed by atoms with Crippen molar-refractivity contribution < 1.29 is 4.39 Å². The molecule has 1 N–H and O–H groups in total. The lowest BCUT2D eigenvalue weighted by molar-refractivity contribution is 0.436. The topological polar surface area (TPSA) is 12.0 Å². The Bertz CT molecular complexity index is 336. The summed E-state index contributed by atoms with van der Waals surface area (Å²) in [5.41, 5.74) is 1.17. The van der Waals surface area contributed by atoms with Crippen LogP contribution in [0.25, 0.3) is 0 Å². The van der Waals surface area contributed by atoms with Gasteiger partial charge in [0.05, 0.1) is 0 Å². The third-order valence-corrected chi connectivity index (χ3v) is 3.06. The van der Waals surface area contributed by atoms with Crippen LogP contribution in [0.15, 0.2) is 36.4 Å². The summed E-state index contributed by atoms with van der Waals surface area (Å²) in [7, 11) is 0. The standard InChI is InChI=1S/C14H18FN/c15-14-6-4-12(5-7-14)2-1-3-13-8-10-16-11-9-13/h1,3-7,13,16H,2,8-11H2/b3-1+. The van der Waals surface area contributed by atoms with E-state index in [0.29, 0.717) is 0 Å². The number of benzene rings is 1. The number of allylic oxidation sites excluding steroid dienone is 2. The lowest BCUT2D eigenvalue weighted by Crippen LogP contribution is -2.26. The predicted octanol–water partition coefficient (Wildman–Crippen LogP) is 2.92. The number of hydrogen-bond donors (Lipinski definition) is 1. The zero-order valence-corrected chi connectivity index (χ0v) is 9.45. The summed E-state index contributed by atoms with van der Waals surface area (Å²) in [5, 5.41) is 3.35. The molecule has 1 aromatic carbocycles. The molecule has 0 radical (unpaired) electrons. The Morgan fingerprint density at radius 2 is 1.88 bits per heavy atom. The zero-order valence-electron chi connectivity index (χ0n) is 9.45. The highest BCUT2D eigenvalue weighted by atomic mass is 19.1. The summed E-state index contributed by atoms with van der Waals surface area (Å²) in [5.74, 6) is 0.563. The maximum Gasteiger partial charge on any atom is 0.123 e. The average Bonchev–Trinajstić information content (AvgIpc) is 2.33. The maximum atomic E-state index is 12.7. The normalized spacial score (nSPS) is 18.1. The molecule has 2 rings (SSSR count). The second-order valence-electron chi connectivity index (χ2n) is 4.35. The van der Waals surface area contributed by atoms with E-state index >= 15 is 0 Å². The van der Waals surface area contributed by atoms with Gasteiger partial charge < -0.3 is 5.32 Å². The maximum absolute atomic E-state index is 12.7. The summed E-state index contributed by atoms with van der Waals surface area (Å²) in [6.45, 7) is 2.26. The van der Waals surface area contributed by atoms with Crippen molar-refractivity contribution in [2.45, 2.75) is 19.3 Å². The molecule has 0 saturated carbocycles. The van der Waals surface area contributed by atoms with Gasteiger partial charge in [0.2, 0.25) is 0 Å². The lowest BCUT2D eigenvalue weighted by atomic mass is 9.97. The Morgan fingerprint density at radius 3 is 2.56 bits per heavy atom. The van der Waals surface area contributed by atoms with Crippen molar-refractivity contribution >= 4 is 0 Å². The van der Waals surface area contributed by atoms with Gasteiger partial charge in [0.15, 0.2) is 0 Å². The van der Waals surface area contributed by atoms with Gasteiger partial charge in [0.1, 0.15) is 5.82 Å². The average molecular weight is 219 g/mol. The third-order valence-electron chi connectivity index (χ3n) is 3.06. The number of hydrogen-bond acceptors (Lipinski definition) is 1. The molecule has 0 atom stereocenters. The van der Waals surface area contributed by atoms with E-state index < -0.39 is 0 Å². The molecule has 1 aliphatic rings. The van der Waals surface area contributed by atoms with Crippen molar-refractivity contribution in [3.05, 3.63) is 47.8 Å². The summed E-state index contributed by atoms with van der Waals surface area (Å²) >= 11 is 0. The largest absolute Gasteiger partial charge is 0.317 e. The van der Waals surface area contributed by atoms with Crippen LogP contribution in [0.4, 0.5) is 4.39 Å². The van der Waals surface area contributed by atoms with Gasteiger partial charge in [-0.3, -0.25) is 0 Å². The number of piperidine rings is 1. The molecule has 2 heteroatoms. The molecule has 16 heavy (non-hydrogen) atoms. The van der Waals surface area contributed by atoms with Gasteiger partial charge in [-0.1, -0.05) is 24.3 Å². The molecule has 0 aromatic heterocycles. The van der Waals surface area contributed by atoms with Gasteiger partial charge in [0, 0.05) is 0 Å². The Hall–Kier alpha value is -1.15. The minimum Gasteiger partial charge on any atom is -0.317 e. The van der Waals surface area contributed by atoms with Crippen molar-refractivity contribution in [3.63, 3.8) is 0 Å². The van der Waals surface area contributed by atoms with Crippen LogP contribution in [-0.2, 0) is 6.42 Å². The van der Waals surface area contributed by atoms with Gasteiger partial charge in [-0.25, -0.2) is 4.39 Å². The Kier molecular flexibility index (Phi) is 4.11. The van der Waals surface area contributed by atoms with E-state index in [4.69, 9.17) is 0 Å². The van der Waals surface area contributed by atoms with Crippen LogP contribution in [0.2, 0.25) is 0 Å². The highest BCUT2D eigenvalue weighted by Crippen LogP contribution is 2.13. The van der Waals surface area contributed by atoms with Gasteiger partial charge in [-0.05, 0) is 56.0 Å². The molecule has 0 aliphatic carbocycles. The molecule has 0 spiro atoms. The van der Waals surface area contributed by atoms with E-state index in [2.05, 4.69) is 17.5 Å². The summed E-state index contributed by atoms with van der Waals surface area (Å²) in [6, 6.07) is 6.74. The van der Waals surface area contributed by atoms with Crippen LogP contribution in [0.1, 0.15) is 18.4 Å². The van der Waals surface area contributed by atoms with Crippen molar-refractivity contribution in [2.75, 3.05) is 13.1 Å². The predicted molar refractivity (Wildman–Crippen MR) is 64.8 cm³/mol. The van der Waals surface area contributed by atoms with Crippen molar-refractivity contribution in [1.82, 2.24) is 5.32 Å². The highest BCUT2D eigenvalue weighted by molar-refractivity contribution is 5.18. The molecule has 0 amide bonds. The second kappa shape index (κ2) is 5.80. The first kappa shape index (κ1) is 11.3. The molecular weight excluding hydrogens is 201 g/mol. The van der Waals surface area contributed by atoms with Crippen LogP contribution in [0.5, 0.6) is 0 Å². The molecule has 1 heterocycles. The summed E-state index contributed by atoms with van der Waals surface area (Å²) in [4.78, 5) is 0. The second-order valence-corrected chi connectivity index (χ2v) is 4.35. The fourth-order valence-electron chi connectivity index (χ4n) is 2.05. The fraction of sp³-hybridized carbons (Fsp3) is 0.429. The Labute approximate surface area is 96.4 Å². The lowest BCUT2D eigenvalue weighted by Gasteiger charge is -2.19. The highest BCUT2D eigenvalue weighted by Gasteiger charge is 2.08. The van der Waals surface area contributed by atoms with Crippen molar-refractivity contribution in [1.29, 1.82) is 0 Å². The molecule has 1 aromatic rings. The first-order valence-corrected chi connectivity index (χ1v) is 5.96. The van der Waals surface area contributed by atoms with Crippen LogP contribution in [-0.4, -0.2) is 13.1 Å². The van der Waals surface area contributed by atoms with E-state index in [1.807, 2.05) is 12.1 Å². The van der Waals surface area contributed by atoms with Crippen LogP contribution in [0, 0.1) is 11.7 Å². The van der Waals surface area contributed by atoms with E-state index in [0.717, 1.165) is 25.4 Å². The molecule has 0 unspecified atom stereocenters. The Morgan fingerprint density at radius 1 is 1.19 bits per heavy atom.